The molecular weight excluding hydrogens is 499 g/mol. The lowest BCUT2D eigenvalue weighted by Crippen LogP contribution is -2.31. The van der Waals surface area contributed by atoms with Crippen LogP contribution in [0.25, 0.3) is 22.5 Å². The van der Waals surface area contributed by atoms with Crippen LogP contribution in [0.2, 0.25) is 0 Å². The van der Waals surface area contributed by atoms with Gasteiger partial charge in [0.1, 0.15) is 11.6 Å². The highest BCUT2D eigenvalue weighted by Gasteiger charge is 2.31. The first-order valence-corrected chi connectivity index (χ1v) is 12.5. The van der Waals surface area contributed by atoms with Gasteiger partial charge in [-0.3, -0.25) is 5.01 Å². The maximum absolute atomic E-state index is 12.6. The van der Waals surface area contributed by atoms with Crippen molar-refractivity contribution in [1.82, 2.24) is 9.55 Å². The van der Waals surface area contributed by atoms with E-state index in [9.17, 15) is 13.2 Å². The summed E-state index contributed by atoms with van der Waals surface area (Å²) in [6.45, 7) is 3.80. The molecule has 0 saturated heterocycles. The van der Waals surface area contributed by atoms with Crippen LogP contribution in [0.3, 0.4) is 0 Å². The monoisotopic (exact) mass is 525 g/mol. The summed E-state index contributed by atoms with van der Waals surface area (Å²) in [5, 5.41) is 1.42. The van der Waals surface area contributed by atoms with Crippen LogP contribution < -0.4 is 21.3 Å². The first kappa shape index (κ1) is 26.2. The zero-order valence-electron chi connectivity index (χ0n) is 20.5. The summed E-state index contributed by atoms with van der Waals surface area (Å²) >= 11 is 1.65. The lowest BCUT2D eigenvalue weighted by Gasteiger charge is -2.26. The van der Waals surface area contributed by atoms with Crippen LogP contribution in [0.1, 0.15) is 17.1 Å². The number of hydrazine groups is 1. The topological polar surface area (TPSA) is 82.3 Å². The fourth-order valence-electron chi connectivity index (χ4n) is 4.04. The van der Waals surface area contributed by atoms with E-state index in [0.29, 0.717) is 16.9 Å². The second-order valence-electron chi connectivity index (χ2n) is 8.23. The molecule has 0 aliphatic rings. The number of anilines is 1. The first-order valence-electron chi connectivity index (χ1n) is 11.2. The number of imidazole rings is 1. The standard InChI is InChI=1S/C27H26F3N5OS/c1-17-16-34(18(2)33-17)24-12-9-21(20-5-4-6-23(13-20)37-3)14-25(24)35(32)26(15-31)19-7-10-22(11-8-19)36-27(28,29)30/h4-16H,31-32H2,1-3H3/b26-15-. The van der Waals surface area contributed by atoms with Crippen LogP contribution in [0.5, 0.6) is 5.75 Å². The highest BCUT2D eigenvalue weighted by Crippen LogP contribution is 2.35. The lowest BCUT2D eigenvalue weighted by atomic mass is 10.0. The Labute approximate surface area is 217 Å². The molecule has 0 atom stereocenters. The summed E-state index contributed by atoms with van der Waals surface area (Å²) in [6.07, 6.45) is 0.460. The van der Waals surface area contributed by atoms with Crippen LogP contribution in [0.15, 0.2) is 84.0 Å². The summed E-state index contributed by atoms with van der Waals surface area (Å²) in [5.41, 5.74) is 11.1. The average molecular weight is 526 g/mol. The van der Waals surface area contributed by atoms with Crippen molar-refractivity contribution in [2.24, 2.45) is 11.6 Å². The van der Waals surface area contributed by atoms with Crippen molar-refractivity contribution in [2.45, 2.75) is 25.1 Å². The number of aromatic nitrogens is 2. The molecule has 0 unspecified atom stereocenters. The number of alkyl halides is 3. The summed E-state index contributed by atoms with van der Waals surface area (Å²) in [5.74, 6) is 7.09. The van der Waals surface area contributed by atoms with E-state index in [1.54, 1.807) is 11.8 Å². The second-order valence-corrected chi connectivity index (χ2v) is 9.11. The smallest absolute Gasteiger partial charge is 0.406 e. The predicted molar refractivity (Wildman–Crippen MR) is 142 cm³/mol. The Kier molecular flexibility index (Phi) is 7.51. The summed E-state index contributed by atoms with van der Waals surface area (Å²) < 4.78 is 43.7. The molecule has 192 valence electrons. The maximum Gasteiger partial charge on any atom is 0.573 e. The Morgan fingerprint density at radius 3 is 2.32 bits per heavy atom. The molecule has 0 spiro atoms. The SMILES string of the molecule is CSc1cccc(-c2ccc(-n3cc(C)nc3C)c(N(N)/C(=C\N)c3ccc(OC(F)(F)F)cc3)c2)c1. The van der Waals surface area contributed by atoms with Gasteiger partial charge in [-0.05, 0) is 79.8 Å². The number of nitrogens with zero attached hydrogens (tertiary/aromatic N) is 3. The molecule has 4 rings (SSSR count). The number of hydrogen-bond donors (Lipinski definition) is 2. The lowest BCUT2D eigenvalue weighted by molar-refractivity contribution is -0.274. The number of rotatable bonds is 7. The number of hydrogen-bond acceptors (Lipinski definition) is 6. The van der Waals surface area contributed by atoms with Gasteiger partial charge in [-0.15, -0.1) is 24.9 Å². The Morgan fingerprint density at radius 1 is 1.03 bits per heavy atom. The van der Waals surface area contributed by atoms with Crippen molar-refractivity contribution in [2.75, 3.05) is 11.3 Å². The Hall–Kier alpha value is -3.89. The Bertz CT molecular complexity index is 1430. The van der Waals surface area contributed by atoms with Gasteiger partial charge in [-0.2, -0.15) is 0 Å². The van der Waals surface area contributed by atoms with Crippen molar-refractivity contribution in [3.8, 4) is 22.6 Å². The van der Waals surface area contributed by atoms with Crippen molar-refractivity contribution in [1.29, 1.82) is 0 Å². The van der Waals surface area contributed by atoms with Crippen molar-refractivity contribution < 1.29 is 17.9 Å². The molecule has 0 aliphatic heterocycles. The first-order chi connectivity index (χ1) is 17.6. The molecule has 0 amide bonds. The molecule has 37 heavy (non-hydrogen) atoms. The molecule has 1 aromatic heterocycles. The number of benzene rings is 3. The normalized spacial score (nSPS) is 12.0. The minimum Gasteiger partial charge on any atom is -0.406 e. The molecular formula is C27H26F3N5OS. The zero-order chi connectivity index (χ0) is 26.7. The van der Waals surface area contributed by atoms with E-state index in [2.05, 4.69) is 15.8 Å². The molecule has 4 aromatic rings. The molecule has 10 heteroatoms. The third kappa shape index (κ3) is 5.92. The number of ether oxygens (including phenoxy) is 1. The van der Waals surface area contributed by atoms with Gasteiger partial charge in [0.15, 0.2) is 0 Å². The Balaban J connectivity index is 1.80. The van der Waals surface area contributed by atoms with Gasteiger partial charge in [-0.1, -0.05) is 18.2 Å². The van der Waals surface area contributed by atoms with Crippen LogP contribution in [0.4, 0.5) is 18.9 Å². The van der Waals surface area contributed by atoms with E-state index < -0.39 is 6.36 Å². The van der Waals surface area contributed by atoms with E-state index in [1.165, 1.54) is 35.5 Å². The maximum atomic E-state index is 12.6. The van der Waals surface area contributed by atoms with Crippen molar-refractivity contribution in [3.05, 3.63) is 96.2 Å². The molecule has 3 aromatic carbocycles. The van der Waals surface area contributed by atoms with Crippen LogP contribution in [0, 0.1) is 13.8 Å². The number of nitrogens with two attached hydrogens (primary N) is 2. The summed E-state index contributed by atoms with van der Waals surface area (Å²) in [6, 6.07) is 19.4. The third-order valence-electron chi connectivity index (χ3n) is 5.70. The third-order valence-corrected chi connectivity index (χ3v) is 6.43. The van der Waals surface area contributed by atoms with Gasteiger partial charge in [0, 0.05) is 22.9 Å². The molecule has 0 bridgehead atoms. The molecule has 0 aliphatic carbocycles. The van der Waals surface area contributed by atoms with Gasteiger partial charge in [0.05, 0.1) is 22.8 Å². The van der Waals surface area contributed by atoms with Gasteiger partial charge in [0.25, 0.3) is 0 Å². The minimum absolute atomic E-state index is 0.336. The van der Waals surface area contributed by atoms with Gasteiger partial charge in [0.2, 0.25) is 0 Å². The number of aryl methyl sites for hydroxylation is 2. The fraction of sp³-hybridized carbons (Fsp3) is 0.148. The quantitative estimate of drug-likeness (QED) is 0.165. The van der Waals surface area contributed by atoms with E-state index in [4.69, 9.17) is 11.6 Å². The Morgan fingerprint density at radius 2 is 1.73 bits per heavy atom. The number of thioether (sulfide) groups is 1. The fourth-order valence-corrected chi connectivity index (χ4v) is 4.50. The minimum atomic E-state index is -4.78. The van der Waals surface area contributed by atoms with E-state index in [0.717, 1.165) is 33.2 Å². The van der Waals surface area contributed by atoms with Gasteiger partial charge < -0.3 is 15.0 Å². The summed E-state index contributed by atoms with van der Waals surface area (Å²) in [4.78, 5) is 5.63. The van der Waals surface area contributed by atoms with E-state index in [-0.39, 0.29) is 5.75 Å². The zero-order valence-corrected chi connectivity index (χ0v) is 21.3. The summed E-state index contributed by atoms with van der Waals surface area (Å²) in [7, 11) is 0. The van der Waals surface area contributed by atoms with Crippen molar-refractivity contribution in [3.63, 3.8) is 0 Å². The molecule has 1 heterocycles. The second kappa shape index (κ2) is 10.6. The number of halogens is 3. The highest BCUT2D eigenvalue weighted by atomic mass is 32.2. The van der Waals surface area contributed by atoms with Crippen LogP contribution >= 0.6 is 11.8 Å². The van der Waals surface area contributed by atoms with Gasteiger partial charge >= 0.3 is 6.36 Å². The largest absolute Gasteiger partial charge is 0.573 e. The highest BCUT2D eigenvalue weighted by molar-refractivity contribution is 7.98. The molecule has 6 nitrogen and oxygen atoms in total. The predicted octanol–water partition coefficient (Wildman–Crippen LogP) is 6.41. The average Bonchev–Trinajstić information content (AvgIpc) is 3.21. The molecule has 0 fully saturated rings. The van der Waals surface area contributed by atoms with Gasteiger partial charge in [-0.25, -0.2) is 10.8 Å². The van der Waals surface area contributed by atoms with E-state index in [1.807, 2.05) is 67.3 Å². The molecule has 4 N–H and O–H groups in total. The molecule has 0 saturated carbocycles. The van der Waals surface area contributed by atoms with Crippen molar-refractivity contribution >= 4 is 23.1 Å². The van der Waals surface area contributed by atoms with E-state index >= 15 is 0 Å². The van der Waals surface area contributed by atoms with Crippen LogP contribution in [-0.2, 0) is 0 Å². The molecule has 0 radical (unpaired) electrons. The van der Waals surface area contributed by atoms with Crippen LogP contribution in [-0.4, -0.2) is 22.2 Å².